The molecule has 3 rings (SSSR count). The summed E-state index contributed by atoms with van der Waals surface area (Å²) in [7, 11) is 0. The van der Waals surface area contributed by atoms with Crippen molar-refractivity contribution >= 4 is 23.3 Å². The van der Waals surface area contributed by atoms with Crippen LogP contribution in [0.3, 0.4) is 0 Å². The summed E-state index contributed by atoms with van der Waals surface area (Å²) in [5.41, 5.74) is 3.87. The van der Waals surface area contributed by atoms with Crippen molar-refractivity contribution in [3.05, 3.63) is 93.8 Å². The molecule has 30 heavy (non-hydrogen) atoms. The van der Waals surface area contributed by atoms with Gasteiger partial charge in [0, 0.05) is 0 Å². The smallest absolute Gasteiger partial charge is 0.180 e. The first-order valence-electron chi connectivity index (χ1n) is 9.52. The Morgan fingerprint density at radius 1 is 1.10 bits per heavy atom. The van der Waals surface area contributed by atoms with Crippen LogP contribution >= 0.6 is 11.6 Å². The molecule has 0 amide bonds. The van der Waals surface area contributed by atoms with Gasteiger partial charge in [-0.15, -0.1) is 0 Å². The van der Waals surface area contributed by atoms with Crippen LogP contribution < -0.4 is 9.47 Å². The molecule has 0 heterocycles. The van der Waals surface area contributed by atoms with E-state index < -0.39 is 0 Å². The van der Waals surface area contributed by atoms with Gasteiger partial charge in [-0.2, -0.15) is 5.26 Å². The number of rotatable bonds is 7. The van der Waals surface area contributed by atoms with Gasteiger partial charge in [0.15, 0.2) is 11.5 Å². The van der Waals surface area contributed by atoms with E-state index in [4.69, 9.17) is 21.1 Å². The fourth-order valence-corrected chi connectivity index (χ4v) is 3.21. The van der Waals surface area contributed by atoms with Crippen LogP contribution in [0.15, 0.2) is 60.7 Å². The number of nitrogens with zero attached hydrogens (tertiary/aromatic N) is 1. The maximum Gasteiger partial charge on any atom is 0.180 e. The minimum absolute atomic E-state index is 0.152. The zero-order chi connectivity index (χ0) is 21.5. The summed E-state index contributed by atoms with van der Waals surface area (Å²) in [5.74, 6) is 0.524. The third-order valence-electron chi connectivity index (χ3n) is 4.40. The van der Waals surface area contributed by atoms with Gasteiger partial charge in [-0.1, -0.05) is 53.6 Å². The number of halogens is 2. The standard InChI is InChI=1S/C25H21ClFNO2/c1-3-29-24-14-19(11-21(15-28)20-9-7-17(2)8-10-20)13-23(26)25(24)30-16-18-5-4-6-22(27)12-18/h4-14H,3,16H2,1-2H3/b21-11+. The monoisotopic (exact) mass is 421 g/mol. The summed E-state index contributed by atoms with van der Waals surface area (Å²) in [5, 5.41) is 9.95. The summed E-state index contributed by atoms with van der Waals surface area (Å²) >= 11 is 6.47. The van der Waals surface area contributed by atoms with E-state index in [0.29, 0.717) is 34.3 Å². The van der Waals surface area contributed by atoms with Crippen LogP contribution in [-0.4, -0.2) is 6.61 Å². The van der Waals surface area contributed by atoms with Crippen LogP contribution in [0.1, 0.15) is 29.2 Å². The van der Waals surface area contributed by atoms with Crippen LogP contribution in [-0.2, 0) is 6.61 Å². The van der Waals surface area contributed by atoms with E-state index in [-0.39, 0.29) is 12.4 Å². The van der Waals surface area contributed by atoms with Crippen molar-refractivity contribution in [3.63, 3.8) is 0 Å². The Balaban J connectivity index is 1.92. The molecule has 0 aliphatic carbocycles. The first-order valence-corrected chi connectivity index (χ1v) is 9.90. The highest BCUT2D eigenvalue weighted by molar-refractivity contribution is 6.32. The molecule has 0 N–H and O–H groups in total. The van der Waals surface area contributed by atoms with Gasteiger partial charge >= 0.3 is 0 Å². The second-order valence-corrected chi connectivity index (χ2v) is 7.12. The Hall–Kier alpha value is -3.29. The van der Waals surface area contributed by atoms with Crippen molar-refractivity contribution in [2.45, 2.75) is 20.5 Å². The molecule has 0 aliphatic heterocycles. The Morgan fingerprint density at radius 2 is 1.87 bits per heavy atom. The highest BCUT2D eigenvalue weighted by Gasteiger charge is 2.13. The first-order chi connectivity index (χ1) is 14.5. The number of hydrogen-bond donors (Lipinski definition) is 0. The summed E-state index contributed by atoms with van der Waals surface area (Å²) in [6.45, 7) is 4.43. The minimum atomic E-state index is -0.326. The van der Waals surface area contributed by atoms with E-state index in [1.807, 2.05) is 38.1 Å². The van der Waals surface area contributed by atoms with Crippen molar-refractivity contribution in [1.82, 2.24) is 0 Å². The Labute approximate surface area is 180 Å². The molecule has 5 heteroatoms. The van der Waals surface area contributed by atoms with Crippen LogP contribution in [0.25, 0.3) is 11.6 Å². The van der Waals surface area contributed by atoms with Crippen molar-refractivity contribution in [3.8, 4) is 17.6 Å². The van der Waals surface area contributed by atoms with E-state index in [1.54, 1.807) is 30.3 Å². The van der Waals surface area contributed by atoms with E-state index >= 15 is 0 Å². The molecule has 0 radical (unpaired) electrons. The largest absolute Gasteiger partial charge is 0.490 e. The Morgan fingerprint density at radius 3 is 2.53 bits per heavy atom. The lowest BCUT2D eigenvalue weighted by Crippen LogP contribution is -2.01. The van der Waals surface area contributed by atoms with Crippen molar-refractivity contribution in [2.75, 3.05) is 6.61 Å². The zero-order valence-electron chi connectivity index (χ0n) is 16.8. The summed E-state index contributed by atoms with van der Waals surface area (Å²) < 4.78 is 25.0. The minimum Gasteiger partial charge on any atom is -0.490 e. The number of hydrogen-bond acceptors (Lipinski definition) is 3. The summed E-state index contributed by atoms with van der Waals surface area (Å²) in [4.78, 5) is 0. The molecule has 3 nitrogen and oxygen atoms in total. The molecular formula is C25H21ClFNO2. The Kier molecular flexibility index (Phi) is 7.11. The molecule has 152 valence electrons. The van der Waals surface area contributed by atoms with Gasteiger partial charge in [0.05, 0.1) is 23.3 Å². The average molecular weight is 422 g/mol. The maximum absolute atomic E-state index is 13.4. The van der Waals surface area contributed by atoms with Crippen LogP contribution in [0, 0.1) is 24.1 Å². The highest BCUT2D eigenvalue weighted by atomic mass is 35.5. The third kappa shape index (κ3) is 5.40. The van der Waals surface area contributed by atoms with Gasteiger partial charge < -0.3 is 9.47 Å². The highest BCUT2D eigenvalue weighted by Crippen LogP contribution is 2.38. The molecule has 0 fully saturated rings. The number of benzene rings is 3. The number of nitriles is 1. The normalized spacial score (nSPS) is 11.1. The average Bonchev–Trinajstić information content (AvgIpc) is 2.72. The van der Waals surface area contributed by atoms with E-state index in [9.17, 15) is 9.65 Å². The molecule has 0 saturated heterocycles. The fraction of sp³-hybridized carbons (Fsp3) is 0.160. The van der Waals surface area contributed by atoms with Gasteiger partial charge in [-0.05, 0) is 60.9 Å². The first kappa shape index (κ1) is 21.4. The van der Waals surface area contributed by atoms with E-state index in [1.165, 1.54) is 12.1 Å². The fourth-order valence-electron chi connectivity index (χ4n) is 2.94. The quantitative estimate of drug-likeness (QED) is 0.310. The predicted octanol–water partition coefficient (Wildman–Crippen LogP) is 6.83. The second kappa shape index (κ2) is 9.96. The van der Waals surface area contributed by atoms with Crippen LogP contribution in [0.5, 0.6) is 11.5 Å². The van der Waals surface area contributed by atoms with E-state index in [2.05, 4.69) is 6.07 Å². The van der Waals surface area contributed by atoms with Gasteiger partial charge in [0.1, 0.15) is 12.4 Å². The molecule has 0 bridgehead atoms. The van der Waals surface area contributed by atoms with E-state index in [0.717, 1.165) is 16.7 Å². The van der Waals surface area contributed by atoms with Crippen LogP contribution in [0.2, 0.25) is 5.02 Å². The number of aryl methyl sites for hydroxylation is 1. The number of ether oxygens (including phenoxy) is 2. The zero-order valence-corrected chi connectivity index (χ0v) is 17.5. The van der Waals surface area contributed by atoms with Crippen LogP contribution in [0.4, 0.5) is 4.39 Å². The Bertz CT molecular complexity index is 1100. The molecule has 3 aromatic rings. The molecule has 0 spiro atoms. The molecule has 0 aromatic heterocycles. The van der Waals surface area contributed by atoms with Crippen molar-refractivity contribution < 1.29 is 13.9 Å². The van der Waals surface area contributed by atoms with Gasteiger partial charge in [-0.3, -0.25) is 0 Å². The second-order valence-electron chi connectivity index (χ2n) is 6.72. The van der Waals surface area contributed by atoms with Crippen molar-refractivity contribution in [1.29, 1.82) is 5.26 Å². The van der Waals surface area contributed by atoms with Gasteiger partial charge in [0.25, 0.3) is 0 Å². The topological polar surface area (TPSA) is 42.2 Å². The van der Waals surface area contributed by atoms with Crippen molar-refractivity contribution in [2.24, 2.45) is 0 Å². The van der Waals surface area contributed by atoms with Gasteiger partial charge in [0.2, 0.25) is 0 Å². The molecule has 0 saturated carbocycles. The summed E-state index contributed by atoms with van der Waals surface area (Å²) in [6, 6.07) is 19.7. The molecule has 0 unspecified atom stereocenters. The molecule has 0 atom stereocenters. The molecular weight excluding hydrogens is 401 g/mol. The SMILES string of the molecule is CCOc1cc(/C=C(\C#N)c2ccc(C)cc2)cc(Cl)c1OCc1cccc(F)c1. The summed E-state index contributed by atoms with van der Waals surface area (Å²) in [6.07, 6.45) is 1.76. The number of allylic oxidation sites excluding steroid dienone is 1. The lowest BCUT2D eigenvalue weighted by atomic mass is 10.0. The van der Waals surface area contributed by atoms with Gasteiger partial charge in [-0.25, -0.2) is 4.39 Å². The molecule has 3 aromatic carbocycles. The molecule has 0 aliphatic rings. The maximum atomic E-state index is 13.4. The lowest BCUT2D eigenvalue weighted by Gasteiger charge is -2.15. The predicted molar refractivity (Wildman–Crippen MR) is 118 cm³/mol. The third-order valence-corrected chi connectivity index (χ3v) is 4.68. The lowest BCUT2D eigenvalue weighted by molar-refractivity contribution is 0.269.